The molecule has 0 radical (unpaired) electrons. The van der Waals surface area contributed by atoms with E-state index in [9.17, 15) is 0 Å². The molecule has 1 heteroatoms. The molecule has 0 saturated heterocycles. The number of hydrogen-bond acceptors (Lipinski definition) is 0. The van der Waals surface area contributed by atoms with Gasteiger partial charge in [-0.2, -0.15) is 20.8 Å². The van der Waals surface area contributed by atoms with Crippen LogP contribution in [0, 0.1) is 13.3 Å². The van der Waals surface area contributed by atoms with Gasteiger partial charge in [0.2, 0.25) is 0 Å². The quantitative estimate of drug-likeness (QED) is 0.477. The molecule has 0 aromatic rings. The maximum atomic E-state index is 3.25. The standard InChI is InChI=1S/C3H7.C2H5.Y/c1-3-2;1-2;/h3H,1-2H3;1H2,2H3;/q2*-1;+3. The van der Waals surface area contributed by atoms with Crippen LogP contribution in [-0.4, -0.2) is 0 Å². The molecule has 0 heterocycles. The first-order valence-electron chi connectivity index (χ1n) is 1.86. The second kappa shape index (κ2) is 35.9. The third kappa shape index (κ3) is 70.5. The van der Waals surface area contributed by atoms with Crippen molar-refractivity contribution in [3.63, 3.8) is 0 Å². The molecule has 0 aliphatic heterocycles. The predicted molar refractivity (Wildman–Crippen MR) is 26.7 cm³/mol. The van der Waals surface area contributed by atoms with E-state index in [4.69, 9.17) is 0 Å². The summed E-state index contributed by atoms with van der Waals surface area (Å²) in [5, 5.41) is 0. The first kappa shape index (κ1) is 15.7. The molecule has 0 aromatic carbocycles. The molecule has 0 rings (SSSR count). The van der Waals surface area contributed by atoms with Gasteiger partial charge >= 0.3 is 32.7 Å². The molecular formula is C5H12Y+. The van der Waals surface area contributed by atoms with E-state index in [1.54, 1.807) is 6.92 Å². The van der Waals surface area contributed by atoms with Gasteiger partial charge in [-0.25, -0.2) is 0 Å². The molecule has 0 aliphatic rings. The Morgan fingerprint density at radius 1 is 1.17 bits per heavy atom. The Balaban J connectivity index is -0.0000000275. The zero-order valence-corrected chi connectivity index (χ0v) is 7.70. The van der Waals surface area contributed by atoms with Gasteiger partial charge in [-0.15, -0.1) is 0 Å². The molecular weight excluding hydrogens is 149 g/mol. The molecule has 0 N–H and O–H groups in total. The van der Waals surface area contributed by atoms with Crippen molar-refractivity contribution in [1.82, 2.24) is 0 Å². The molecule has 0 nitrogen and oxygen atoms in total. The van der Waals surface area contributed by atoms with Crippen LogP contribution in [0.1, 0.15) is 20.8 Å². The van der Waals surface area contributed by atoms with Crippen LogP contribution in [0.15, 0.2) is 0 Å². The van der Waals surface area contributed by atoms with E-state index in [1.807, 2.05) is 20.3 Å². The summed E-state index contributed by atoms with van der Waals surface area (Å²) < 4.78 is 0. The van der Waals surface area contributed by atoms with Crippen LogP contribution in [0.2, 0.25) is 0 Å². The molecule has 34 valence electrons. The van der Waals surface area contributed by atoms with E-state index in [0.29, 0.717) is 0 Å². The molecule has 0 saturated carbocycles. The Bertz CT molecular complexity index is 3.90. The van der Waals surface area contributed by atoms with Crippen molar-refractivity contribution in [1.29, 1.82) is 0 Å². The van der Waals surface area contributed by atoms with Crippen LogP contribution in [0.25, 0.3) is 0 Å². The summed E-state index contributed by atoms with van der Waals surface area (Å²) in [6, 6.07) is 0. The van der Waals surface area contributed by atoms with Crippen LogP contribution in [0.4, 0.5) is 0 Å². The third-order valence-electron chi connectivity index (χ3n) is 0. The molecule has 0 unspecified atom stereocenters. The summed E-state index contributed by atoms with van der Waals surface area (Å²) in [5.74, 6) is 0. The molecule has 0 fully saturated rings. The molecule has 0 atom stereocenters. The summed E-state index contributed by atoms with van der Waals surface area (Å²) in [4.78, 5) is 0. The topological polar surface area (TPSA) is 0 Å². The third-order valence-corrected chi connectivity index (χ3v) is 0. The fourth-order valence-corrected chi connectivity index (χ4v) is 0. The van der Waals surface area contributed by atoms with E-state index >= 15 is 0 Å². The number of hydrogen-bond donors (Lipinski definition) is 0. The maximum Gasteiger partial charge on any atom is 3.00 e. The molecule has 0 amide bonds. The van der Waals surface area contributed by atoms with Gasteiger partial charge in [0.05, 0.1) is 0 Å². The Morgan fingerprint density at radius 3 is 1.17 bits per heavy atom. The van der Waals surface area contributed by atoms with Crippen LogP contribution >= 0.6 is 0 Å². The Hall–Kier alpha value is 1.10. The monoisotopic (exact) mass is 161 g/mol. The Morgan fingerprint density at radius 2 is 1.17 bits per heavy atom. The first-order valence-corrected chi connectivity index (χ1v) is 1.86. The van der Waals surface area contributed by atoms with Gasteiger partial charge in [0, 0.05) is 0 Å². The van der Waals surface area contributed by atoms with Crippen LogP contribution in [-0.2, 0) is 32.7 Å². The molecule has 0 aliphatic carbocycles. The van der Waals surface area contributed by atoms with E-state index in [1.165, 1.54) is 0 Å². The van der Waals surface area contributed by atoms with Crippen molar-refractivity contribution < 1.29 is 32.7 Å². The van der Waals surface area contributed by atoms with Crippen molar-refractivity contribution in [2.45, 2.75) is 20.8 Å². The summed E-state index contributed by atoms with van der Waals surface area (Å²) in [6.45, 7) is 9.00. The van der Waals surface area contributed by atoms with Crippen LogP contribution in [0.3, 0.4) is 0 Å². The van der Waals surface area contributed by atoms with Gasteiger partial charge in [0.15, 0.2) is 0 Å². The van der Waals surface area contributed by atoms with Gasteiger partial charge < -0.3 is 13.3 Å². The van der Waals surface area contributed by atoms with Crippen LogP contribution < -0.4 is 0 Å². The fraction of sp³-hybridized carbons (Fsp3) is 0.600. The van der Waals surface area contributed by atoms with E-state index in [0.717, 1.165) is 0 Å². The minimum Gasteiger partial charge on any atom is -0.346 e. The largest absolute Gasteiger partial charge is 3.00 e. The Kier molecular flexibility index (Phi) is 94.1. The smallest absolute Gasteiger partial charge is 0.346 e. The van der Waals surface area contributed by atoms with Gasteiger partial charge in [0.25, 0.3) is 0 Å². The summed E-state index contributed by atoms with van der Waals surface area (Å²) in [5.41, 5.74) is 0. The van der Waals surface area contributed by atoms with E-state index in [-0.39, 0.29) is 32.7 Å². The number of rotatable bonds is 0. The van der Waals surface area contributed by atoms with Crippen molar-refractivity contribution in [2.75, 3.05) is 0 Å². The van der Waals surface area contributed by atoms with Crippen molar-refractivity contribution >= 4 is 0 Å². The second-order valence-electron chi connectivity index (χ2n) is 0.577. The Labute approximate surface area is 66.6 Å². The second-order valence-corrected chi connectivity index (χ2v) is 0.577. The van der Waals surface area contributed by atoms with Crippen molar-refractivity contribution in [2.24, 2.45) is 0 Å². The van der Waals surface area contributed by atoms with Gasteiger partial charge in [-0.1, -0.05) is 0 Å². The van der Waals surface area contributed by atoms with Crippen molar-refractivity contribution in [3.05, 3.63) is 13.3 Å². The average molecular weight is 161 g/mol. The van der Waals surface area contributed by atoms with E-state index in [2.05, 4.69) is 6.92 Å². The maximum absolute atomic E-state index is 3.25. The molecule has 0 spiro atoms. The zero-order chi connectivity index (χ0) is 4.71. The first-order chi connectivity index (χ1) is 2.41. The molecule has 0 aromatic heterocycles. The van der Waals surface area contributed by atoms with Crippen molar-refractivity contribution in [3.8, 4) is 0 Å². The predicted octanol–water partition coefficient (Wildman–Crippen LogP) is 2.07. The van der Waals surface area contributed by atoms with Gasteiger partial charge in [-0.3, -0.25) is 0 Å². The van der Waals surface area contributed by atoms with Gasteiger partial charge in [-0.05, 0) is 0 Å². The van der Waals surface area contributed by atoms with Gasteiger partial charge in [0.1, 0.15) is 0 Å². The summed E-state index contributed by atoms with van der Waals surface area (Å²) >= 11 is 0. The normalized spacial score (nSPS) is 4.00. The average Bonchev–Trinajstić information content (AvgIpc) is 1.46. The molecule has 6 heavy (non-hydrogen) atoms. The van der Waals surface area contributed by atoms with Crippen LogP contribution in [0.5, 0.6) is 0 Å². The minimum atomic E-state index is 0. The summed E-state index contributed by atoms with van der Waals surface area (Å²) in [7, 11) is 0. The zero-order valence-electron chi connectivity index (χ0n) is 4.86. The fourth-order valence-electron chi connectivity index (χ4n) is 0. The SMILES string of the molecule is C[CH-]C.[CH2-]C.[Y+3]. The van der Waals surface area contributed by atoms with E-state index < -0.39 is 0 Å². The molecule has 0 bridgehead atoms. The summed E-state index contributed by atoms with van der Waals surface area (Å²) in [6.07, 6.45) is 2.00. The minimum absolute atomic E-state index is 0.